The summed E-state index contributed by atoms with van der Waals surface area (Å²) in [4.78, 5) is 25.1. The van der Waals surface area contributed by atoms with Gasteiger partial charge in [-0.1, -0.05) is 0 Å². The second-order valence-corrected chi connectivity index (χ2v) is 4.46. The number of nitriles is 1. The highest BCUT2D eigenvalue weighted by atomic mass is 16.5. The Morgan fingerprint density at radius 1 is 1.74 bits per heavy atom. The summed E-state index contributed by atoms with van der Waals surface area (Å²) >= 11 is 0. The Hall–Kier alpha value is -2.29. The van der Waals surface area contributed by atoms with Crippen LogP contribution < -0.4 is 0 Å². The van der Waals surface area contributed by atoms with Crippen LogP contribution >= 0.6 is 0 Å². The molecule has 0 N–H and O–H groups in total. The second kappa shape index (κ2) is 5.57. The minimum absolute atomic E-state index is 0.108. The van der Waals surface area contributed by atoms with Gasteiger partial charge in [0.05, 0.1) is 18.7 Å². The number of hydrogen-bond acceptors (Lipinski definition) is 5. The molecule has 1 amide bonds. The highest BCUT2D eigenvalue weighted by Crippen LogP contribution is 2.21. The zero-order chi connectivity index (χ0) is 13.8. The van der Waals surface area contributed by atoms with E-state index >= 15 is 0 Å². The first kappa shape index (κ1) is 13.1. The van der Waals surface area contributed by atoms with Gasteiger partial charge < -0.3 is 14.1 Å². The van der Waals surface area contributed by atoms with Crippen molar-refractivity contribution in [1.29, 1.82) is 5.26 Å². The maximum absolute atomic E-state index is 11.8. The number of rotatable bonds is 4. The van der Waals surface area contributed by atoms with Gasteiger partial charge in [-0.25, -0.2) is 0 Å². The van der Waals surface area contributed by atoms with Gasteiger partial charge in [-0.05, 0) is 19.1 Å². The van der Waals surface area contributed by atoms with E-state index in [0.717, 1.165) is 0 Å². The molecule has 0 unspecified atom stereocenters. The van der Waals surface area contributed by atoms with Crippen LogP contribution in [0.15, 0.2) is 22.8 Å². The predicted octanol–water partition coefficient (Wildman–Crippen LogP) is 1.08. The smallest absolute Gasteiger partial charge is 0.312 e. The van der Waals surface area contributed by atoms with Crippen molar-refractivity contribution in [2.45, 2.75) is 26.0 Å². The lowest BCUT2D eigenvalue weighted by atomic mass is 10.1. The highest BCUT2D eigenvalue weighted by molar-refractivity contribution is 5.86. The first-order chi connectivity index (χ1) is 9.10. The molecule has 0 aliphatic carbocycles. The first-order valence-corrected chi connectivity index (χ1v) is 6.00. The van der Waals surface area contributed by atoms with Crippen molar-refractivity contribution in [2.75, 3.05) is 6.54 Å². The number of hydrogen-bond donors (Lipinski definition) is 0. The zero-order valence-electron chi connectivity index (χ0n) is 10.5. The Kier molecular flexibility index (Phi) is 3.85. The first-order valence-electron chi connectivity index (χ1n) is 6.00. The molecule has 6 nitrogen and oxygen atoms in total. The van der Waals surface area contributed by atoms with E-state index in [-0.39, 0.29) is 12.3 Å². The summed E-state index contributed by atoms with van der Waals surface area (Å²) in [6.45, 7) is 2.15. The summed E-state index contributed by atoms with van der Waals surface area (Å²) in [5.41, 5.74) is 0. The molecule has 1 aromatic rings. The molecule has 2 atom stereocenters. The van der Waals surface area contributed by atoms with Crippen LogP contribution in [0.4, 0.5) is 0 Å². The van der Waals surface area contributed by atoms with Crippen molar-refractivity contribution < 1.29 is 18.7 Å². The molecule has 2 rings (SSSR count). The Morgan fingerprint density at radius 2 is 2.53 bits per heavy atom. The molecule has 1 aliphatic heterocycles. The predicted molar refractivity (Wildman–Crippen MR) is 63.4 cm³/mol. The number of ether oxygens (including phenoxy) is 1. The fraction of sp³-hybridized carbons (Fsp3) is 0.462. The Bertz CT molecular complexity index is 503. The van der Waals surface area contributed by atoms with Gasteiger partial charge in [0.15, 0.2) is 6.10 Å². The van der Waals surface area contributed by atoms with Crippen LogP contribution in [-0.2, 0) is 20.9 Å². The van der Waals surface area contributed by atoms with Crippen molar-refractivity contribution in [2.24, 2.45) is 5.92 Å². The molecule has 1 aliphatic rings. The lowest BCUT2D eigenvalue weighted by Crippen LogP contribution is -2.27. The SMILES string of the molecule is C[C@@H](C#N)OC(=O)[C@@H]1CC(=O)N(Cc2ccco2)C1. The normalized spacial score (nSPS) is 20.1. The third kappa shape index (κ3) is 3.13. The molecule has 0 bridgehead atoms. The van der Waals surface area contributed by atoms with Gasteiger partial charge in [-0.3, -0.25) is 9.59 Å². The summed E-state index contributed by atoms with van der Waals surface area (Å²) in [6, 6.07) is 5.34. The van der Waals surface area contributed by atoms with Crippen LogP contribution in [0.1, 0.15) is 19.1 Å². The lowest BCUT2D eigenvalue weighted by Gasteiger charge is -2.15. The third-order valence-corrected chi connectivity index (χ3v) is 2.95. The number of nitrogens with zero attached hydrogens (tertiary/aromatic N) is 2. The van der Waals surface area contributed by atoms with Crippen LogP contribution in [0.5, 0.6) is 0 Å². The van der Waals surface area contributed by atoms with E-state index in [1.807, 2.05) is 6.07 Å². The highest BCUT2D eigenvalue weighted by Gasteiger charge is 2.36. The van der Waals surface area contributed by atoms with Gasteiger partial charge in [0.25, 0.3) is 0 Å². The number of furan rings is 1. The lowest BCUT2D eigenvalue weighted by molar-refractivity contribution is -0.150. The molecule has 1 saturated heterocycles. The number of likely N-dealkylation sites (tertiary alicyclic amines) is 1. The van der Waals surface area contributed by atoms with E-state index in [2.05, 4.69) is 0 Å². The van der Waals surface area contributed by atoms with Gasteiger partial charge in [0.2, 0.25) is 5.91 Å². The zero-order valence-corrected chi connectivity index (χ0v) is 10.5. The minimum atomic E-state index is -0.790. The van der Waals surface area contributed by atoms with E-state index in [9.17, 15) is 9.59 Å². The van der Waals surface area contributed by atoms with Gasteiger partial charge in [-0.2, -0.15) is 5.26 Å². The Morgan fingerprint density at radius 3 is 3.16 bits per heavy atom. The van der Waals surface area contributed by atoms with Crippen molar-refractivity contribution in [3.8, 4) is 6.07 Å². The van der Waals surface area contributed by atoms with Crippen molar-refractivity contribution >= 4 is 11.9 Å². The van der Waals surface area contributed by atoms with Crippen LogP contribution in [0.25, 0.3) is 0 Å². The van der Waals surface area contributed by atoms with Gasteiger partial charge >= 0.3 is 5.97 Å². The summed E-state index contributed by atoms with van der Waals surface area (Å²) in [6.07, 6.45) is 0.871. The third-order valence-electron chi connectivity index (χ3n) is 2.95. The van der Waals surface area contributed by atoms with Crippen molar-refractivity contribution in [1.82, 2.24) is 4.90 Å². The molecule has 0 saturated carbocycles. The molecule has 1 fully saturated rings. The molecule has 2 heterocycles. The molecule has 0 spiro atoms. The minimum Gasteiger partial charge on any atom is -0.467 e. The van der Waals surface area contributed by atoms with Crippen molar-refractivity contribution in [3.05, 3.63) is 24.2 Å². The molecule has 1 aromatic heterocycles. The fourth-order valence-electron chi connectivity index (χ4n) is 1.97. The summed E-state index contributed by atoms with van der Waals surface area (Å²) in [7, 11) is 0. The largest absolute Gasteiger partial charge is 0.467 e. The monoisotopic (exact) mass is 262 g/mol. The van der Waals surface area contributed by atoms with Crippen LogP contribution in [0.3, 0.4) is 0 Å². The van der Waals surface area contributed by atoms with E-state index in [0.29, 0.717) is 18.8 Å². The average Bonchev–Trinajstić information content (AvgIpc) is 3.00. The molecule has 6 heteroatoms. The number of carbonyl (C=O) groups is 2. The second-order valence-electron chi connectivity index (χ2n) is 4.46. The van der Waals surface area contributed by atoms with Crippen LogP contribution in [-0.4, -0.2) is 29.4 Å². The number of esters is 1. The number of amides is 1. The van der Waals surface area contributed by atoms with Gasteiger partial charge in [-0.15, -0.1) is 0 Å². The van der Waals surface area contributed by atoms with Crippen LogP contribution in [0, 0.1) is 17.2 Å². The molecular formula is C13H14N2O4. The summed E-state index contributed by atoms with van der Waals surface area (Å²) < 4.78 is 10.1. The molecule has 19 heavy (non-hydrogen) atoms. The Labute approximate surface area is 110 Å². The number of carbonyl (C=O) groups excluding carboxylic acids is 2. The van der Waals surface area contributed by atoms with Crippen LogP contribution in [0.2, 0.25) is 0 Å². The maximum atomic E-state index is 11.8. The fourth-order valence-corrected chi connectivity index (χ4v) is 1.97. The standard InChI is InChI=1S/C13H14N2O4/c1-9(6-14)19-13(17)10-5-12(16)15(7-10)8-11-3-2-4-18-11/h2-4,9-10H,5,7-8H2,1H3/t9-,10+/m0/s1. The summed E-state index contributed by atoms with van der Waals surface area (Å²) in [5, 5.41) is 8.58. The summed E-state index contributed by atoms with van der Waals surface area (Å²) in [5.74, 6) is -0.432. The topological polar surface area (TPSA) is 83.5 Å². The van der Waals surface area contributed by atoms with Crippen molar-refractivity contribution in [3.63, 3.8) is 0 Å². The molecular weight excluding hydrogens is 248 g/mol. The average molecular weight is 262 g/mol. The molecule has 0 radical (unpaired) electrons. The Balaban J connectivity index is 1.92. The molecule has 100 valence electrons. The van der Waals surface area contributed by atoms with E-state index in [1.165, 1.54) is 13.2 Å². The van der Waals surface area contributed by atoms with Gasteiger partial charge in [0, 0.05) is 13.0 Å². The van der Waals surface area contributed by atoms with Gasteiger partial charge in [0.1, 0.15) is 11.8 Å². The maximum Gasteiger partial charge on any atom is 0.312 e. The molecule has 0 aromatic carbocycles. The quantitative estimate of drug-likeness (QED) is 0.758. The van der Waals surface area contributed by atoms with E-state index < -0.39 is 18.0 Å². The van der Waals surface area contributed by atoms with E-state index in [4.69, 9.17) is 14.4 Å². The van der Waals surface area contributed by atoms with E-state index in [1.54, 1.807) is 17.0 Å².